The van der Waals surface area contributed by atoms with Crippen LogP contribution in [0.2, 0.25) is 5.02 Å². The predicted molar refractivity (Wildman–Crippen MR) is 114 cm³/mol. The van der Waals surface area contributed by atoms with E-state index in [1.165, 1.54) is 13.2 Å². The van der Waals surface area contributed by atoms with Crippen molar-refractivity contribution in [2.75, 3.05) is 7.11 Å². The Labute approximate surface area is 185 Å². The van der Waals surface area contributed by atoms with E-state index in [1.54, 1.807) is 29.4 Å². The molecule has 1 aliphatic heterocycles. The summed E-state index contributed by atoms with van der Waals surface area (Å²) in [6, 6.07) is 5.65. The summed E-state index contributed by atoms with van der Waals surface area (Å²) in [6.45, 7) is 5.76. The van der Waals surface area contributed by atoms with Gasteiger partial charge in [0.2, 0.25) is 5.89 Å². The maximum atomic E-state index is 14.9. The van der Waals surface area contributed by atoms with Gasteiger partial charge in [-0.15, -0.1) is 5.10 Å². The van der Waals surface area contributed by atoms with E-state index < -0.39 is 28.7 Å². The molecule has 0 fully saturated rings. The number of nitrogens with zero attached hydrogens (tertiary/aromatic N) is 2. The molecule has 1 aliphatic rings. The van der Waals surface area contributed by atoms with Crippen molar-refractivity contribution < 1.29 is 17.8 Å². The zero-order valence-corrected chi connectivity index (χ0v) is 18.9. The maximum Gasteiger partial charge on any atom is 0.434 e. The quantitative estimate of drug-likeness (QED) is 0.611. The molecule has 31 heavy (non-hydrogen) atoms. The van der Waals surface area contributed by atoms with Crippen LogP contribution in [0.3, 0.4) is 0 Å². The summed E-state index contributed by atoms with van der Waals surface area (Å²) < 4.78 is 40.7. The minimum atomic E-state index is -1.68. The van der Waals surface area contributed by atoms with E-state index in [0.717, 1.165) is 16.7 Å². The van der Waals surface area contributed by atoms with E-state index in [2.05, 4.69) is 10.2 Å². The summed E-state index contributed by atoms with van der Waals surface area (Å²) in [7, 11) is -0.202. The lowest BCUT2D eigenvalue weighted by Crippen LogP contribution is -2.30. The number of fused-ring (bicyclic) bond motifs is 1. The Morgan fingerprint density at radius 2 is 2.10 bits per heavy atom. The maximum absolute atomic E-state index is 14.9. The van der Waals surface area contributed by atoms with Gasteiger partial charge in [-0.2, -0.15) is 0 Å². The number of benzene rings is 2. The Hall–Kier alpha value is -2.49. The molecule has 0 aliphatic carbocycles. The van der Waals surface area contributed by atoms with E-state index >= 15 is 0 Å². The highest BCUT2D eigenvalue weighted by Gasteiger charge is 2.42. The molecule has 0 spiro atoms. The third kappa shape index (κ3) is 3.71. The summed E-state index contributed by atoms with van der Waals surface area (Å²) in [6.07, 6.45) is 0. The molecule has 0 saturated heterocycles. The second-order valence-corrected chi connectivity index (χ2v) is 9.32. The number of hydrogen-bond donors (Lipinski definition) is 1. The van der Waals surface area contributed by atoms with Crippen molar-refractivity contribution in [1.82, 2.24) is 14.5 Å². The average molecular weight is 466 g/mol. The first kappa shape index (κ1) is 21.7. The molecule has 3 atom stereocenters. The van der Waals surface area contributed by atoms with Crippen LogP contribution in [-0.2, 0) is 17.5 Å². The van der Waals surface area contributed by atoms with Crippen molar-refractivity contribution in [3.63, 3.8) is 0 Å². The van der Waals surface area contributed by atoms with Crippen LogP contribution in [0.4, 0.5) is 4.39 Å². The van der Waals surface area contributed by atoms with Gasteiger partial charge in [0.1, 0.15) is 33.5 Å². The van der Waals surface area contributed by atoms with Gasteiger partial charge in [-0.3, -0.25) is 0 Å². The fourth-order valence-corrected chi connectivity index (χ4v) is 5.97. The number of aromatic amines is 1. The second kappa shape index (κ2) is 8.22. The number of nitrogens with one attached hydrogen (secondary N) is 1. The number of methoxy groups -OCH3 is 1. The van der Waals surface area contributed by atoms with E-state index in [-0.39, 0.29) is 18.3 Å². The normalized spacial score (nSPS) is 18.1. The highest BCUT2D eigenvalue weighted by Crippen LogP contribution is 2.46. The van der Waals surface area contributed by atoms with Crippen molar-refractivity contribution >= 4 is 22.6 Å². The molecule has 1 N–H and O–H groups in total. The summed E-state index contributed by atoms with van der Waals surface area (Å²) in [5.74, 6) is -1.23. The number of rotatable bonds is 5. The van der Waals surface area contributed by atoms with Gasteiger partial charge in [-0.25, -0.2) is 22.8 Å². The number of aromatic nitrogens is 2. The van der Waals surface area contributed by atoms with Crippen molar-refractivity contribution in [1.29, 1.82) is 0 Å². The molecule has 2 heterocycles. The molecule has 4 rings (SSSR count). The highest BCUT2D eigenvalue weighted by molar-refractivity contribution is 7.83. The van der Waals surface area contributed by atoms with Gasteiger partial charge in [-0.1, -0.05) is 24.6 Å². The van der Waals surface area contributed by atoms with Crippen LogP contribution in [0.1, 0.15) is 47.0 Å². The lowest BCUT2D eigenvalue weighted by atomic mass is 9.87. The molecule has 0 bridgehead atoms. The van der Waals surface area contributed by atoms with Crippen molar-refractivity contribution in [2.45, 2.75) is 44.2 Å². The summed E-state index contributed by atoms with van der Waals surface area (Å²) in [4.78, 5) is 12.2. The van der Waals surface area contributed by atoms with Crippen LogP contribution >= 0.6 is 11.6 Å². The molecular formula is C21H21ClFN3O4S. The van der Waals surface area contributed by atoms with Crippen molar-refractivity contribution in [3.8, 4) is 5.75 Å². The first-order valence-electron chi connectivity index (χ1n) is 9.58. The van der Waals surface area contributed by atoms with Crippen LogP contribution in [0, 0.1) is 19.7 Å². The number of halogens is 2. The monoisotopic (exact) mass is 465 g/mol. The van der Waals surface area contributed by atoms with Gasteiger partial charge in [0.15, 0.2) is 0 Å². The Kier molecular flexibility index (Phi) is 5.76. The van der Waals surface area contributed by atoms with E-state index in [1.807, 2.05) is 13.8 Å². The highest BCUT2D eigenvalue weighted by atomic mass is 35.5. The van der Waals surface area contributed by atoms with Crippen LogP contribution in [0.25, 0.3) is 0 Å². The standard InChI is InChI=1S/C21H21ClFN3O4S/c1-10-5-6-15(23)17(11(10)2)12(3)18(20-24-25-21(27)30-20)26-9-13-7-14(22)8-16(29-4)19(13)31(26)28/h5-8,12,18H,9H2,1-4H3,(H,25,27). The first-order chi connectivity index (χ1) is 14.7. The molecule has 3 aromatic rings. The topological polar surface area (TPSA) is 88.4 Å². The third-order valence-corrected chi connectivity index (χ3v) is 7.52. The number of ether oxygens (including phenoxy) is 1. The molecule has 0 saturated carbocycles. The van der Waals surface area contributed by atoms with Crippen LogP contribution in [-0.4, -0.2) is 25.8 Å². The fourth-order valence-electron chi connectivity index (χ4n) is 4.11. The minimum absolute atomic E-state index is 0.0315. The molecular weight excluding hydrogens is 445 g/mol. The van der Waals surface area contributed by atoms with Crippen LogP contribution in [0.5, 0.6) is 5.75 Å². The summed E-state index contributed by atoms with van der Waals surface area (Å²) in [5.41, 5.74) is 2.87. The number of H-pyrrole nitrogens is 1. The lowest BCUT2D eigenvalue weighted by molar-refractivity contribution is 0.250. The fraction of sp³-hybridized carbons (Fsp3) is 0.333. The lowest BCUT2D eigenvalue weighted by Gasteiger charge is -2.30. The summed E-state index contributed by atoms with van der Waals surface area (Å²) in [5, 5.41) is 6.69. The van der Waals surface area contributed by atoms with Gasteiger partial charge in [-0.05, 0) is 48.2 Å². The zero-order valence-electron chi connectivity index (χ0n) is 17.4. The smallest absolute Gasteiger partial charge is 0.434 e. The van der Waals surface area contributed by atoms with Crippen LogP contribution in [0.15, 0.2) is 38.4 Å². The molecule has 1 aromatic heterocycles. The largest absolute Gasteiger partial charge is 0.495 e. The van der Waals surface area contributed by atoms with E-state index in [9.17, 15) is 13.4 Å². The molecule has 2 aromatic carbocycles. The second-order valence-electron chi connectivity index (χ2n) is 7.51. The molecule has 7 nitrogen and oxygen atoms in total. The van der Waals surface area contributed by atoms with Crippen molar-refractivity contribution in [3.05, 3.63) is 73.8 Å². The third-order valence-electron chi connectivity index (χ3n) is 5.71. The number of aryl methyl sites for hydroxylation is 1. The Bertz CT molecular complexity index is 1240. The SMILES string of the molecule is COc1cc(Cl)cc2c1S(=O)N(C(c1n[nH]c(=O)o1)C(C)c1c(F)ccc(C)c1C)C2. The van der Waals surface area contributed by atoms with Gasteiger partial charge in [0.05, 0.1) is 7.11 Å². The van der Waals surface area contributed by atoms with Gasteiger partial charge < -0.3 is 9.15 Å². The Morgan fingerprint density at radius 3 is 2.74 bits per heavy atom. The average Bonchev–Trinajstić information content (AvgIpc) is 3.28. The Morgan fingerprint density at radius 1 is 1.35 bits per heavy atom. The number of hydrogen-bond acceptors (Lipinski definition) is 5. The predicted octanol–water partition coefficient (Wildman–Crippen LogP) is 4.16. The van der Waals surface area contributed by atoms with Crippen molar-refractivity contribution in [2.24, 2.45) is 0 Å². The van der Waals surface area contributed by atoms with Gasteiger partial charge >= 0.3 is 5.76 Å². The molecule has 3 unspecified atom stereocenters. The first-order valence-corrected chi connectivity index (χ1v) is 11.1. The minimum Gasteiger partial charge on any atom is -0.495 e. The van der Waals surface area contributed by atoms with E-state index in [0.29, 0.717) is 21.2 Å². The summed E-state index contributed by atoms with van der Waals surface area (Å²) >= 11 is 6.20. The molecule has 0 amide bonds. The molecule has 0 radical (unpaired) electrons. The zero-order chi connectivity index (χ0) is 22.4. The van der Waals surface area contributed by atoms with Crippen LogP contribution < -0.4 is 10.5 Å². The Balaban J connectivity index is 1.86. The van der Waals surface area contributed by atoms with E-state index in [4.69, 9.17) is 20.8 Å². The van der Waals surface area contributed by atoms with Gasteiger partial charge in [0.25, 0.3) is 0 Å². The molecule has 10 heteroatoms. The molecule has 164 valence electrons. The van der Waals surface area contributed by atoms with Gasteiger partial charge in [0, 0.05) is 23.6 Å².